The molecule has 0 aliphatic carbocycles. The Morgan fingerprint density at radius 3 is 2.31 bits per heavy atom. The number of hydrogen-bond acceptors (Lipinski definition) is 5. The van der Waals surface area contributed by atoms with E-state index in [0.717, 1.165) is 0 Å². The highest BCUT2D eigenvalue weighted by Crippen LogP contribution is 2.61. The number of rotatable bonds is 2. The zero-order valence-corrected chi connectivity index (χ0v) is 11.1. The first-order valence-electron chi connectivity index (χ1n) is 4.71. The predicted octanol–water partition coefficient (Wildman–Crippen LogP) is 1.90. The highest BCUT2D eigenvalue weighted by Gasteiger charge is 2.36. The molecule has 1 N–H and O–H groups in total. The summed E-state index contributed by atoms with van der Waals surface area (Å²) in [7, 11) is -3.21. The molecule has 1 aliphatic heterocycles. The monoisotopic (exact) mass is 278 g/mol. The van der Waals surface area contributed by atoms with E-state index in [4.69, 9.17) is 26.0 Å². The Morgan fingerprint density at radius 2 is 1.81 bits per heavy atom. The molecule has 0 aromatic heterocycles. The molecule has 4 nitrogen and oxygen atoms in total. The zero-order chi connectivity index (χ0) is 11.6. The second kappa shape index (κ2) is 4.69. The number of aliphatic hydroxyl groups is 1. The standard InChI is InChI=1S/C9H12O4P2S/c10-6-14(16)7-12-15(11,13-8-14)9-4-2-1-3-5-9/h1-5,10H,6-8H2. The van der Waals surface area contributed by atoms with Crippen molar-refractivity contribution in [3.05, 3.63) is 30.3 Å². The van der Waals surface area contributed by atoms with Crippen LogP contribution in [0.1, 0.15) is 0 Å². The molecule has 0 amide bonds. The Hall–Kier alpha value is -0.0200. The summed E-state index contributed by atoms with van der Waals surface area (Å²) >= 11 is 5.20. The lowest BCUT2D eigenvalue weighted by Gasteiger charge is -2.30. The van der Waals surface area contributed by atoms with E-state index < -0.39 is 13.6 Å². The Bertz CT molecular complexity index is 446. The summed E-state index contributed by atoms with van der Waals surface area (Å²) in [5, 5.41) is 9.62. The first kappa shape index (κ1) is 12.4. The van der Waals surface area contributed by atoms with Gasteiger partial charge in [-0.25, -0.2) is 0 Å². The number of hydrogen-bond donors (Lipinski definition) is 1. The molecule has 1 aliphatic rings. The molecule has 0 atom stereocenters. The van der Waals surface area contributed by atoms with Gasteiger partial charge in [-0.1, -0.05) is 30.0 Å². The minimum absolute atomic E-state index is 0.114. The molecule has 0 bridgehead atoms. The van der Waals surface area contributed by atoms with Crippen LogP contribution in [0, 0.1) is 0 Å². The fraction of sp³-hybridized carbons (Fsp3) is 0.333. The fourth-order valence-corrected chi connectivity index (χ4v) is 6.17. The van der Waals surface area contributed by atoms with Gasteiger partial charge in [0.1, 0.15) is 0 Å². The van der Waals surface area contributed by atoms with Crippen molar-refractivity contribution in [1.29, 1.82) is 0 Å². The van der Waals surface area contributed by atoms with Gasteiger partial charge in [-0.2, -0.15) is 0 Å². The smallest absolute Gasteiger partial charge is 0.362 e. The van der Waals surface area contributed by atoms with Crippen LogP contribution in [0.2, 0.25) is 0 Å². The van der Waals surface area contributed by atoms with E-state index >= 15 is 0 Å². The third-order valence-corrected chi connectivity index (χ3v) is 7.23. The molecular weight excluding hydrogens is 266 g/mol. The molecule has 88 valence electrons. The van der Waals surface area contributed by atoms with Gasteiger partial charge in [0.2, 0.25) is 0 Å². The summed E-state index contributed by atoms with van der Waals surface area (Å²) < 4.78 is 22.8. The van der Waals surface area contributed by atoms with Crippen LogP contribution in [0.4, 0.5) is 0 Å². The van der Waals surface area contributed by atoms with E-state index in [9.17, 15) is 4.57 Å². The van der Waals surface area contributed by atoms with Gasteiger partial charge in [0, 0.05) is 6.04 Å². The average molecular weight is 278 g/mol. The van der Waals surface area contributed by atoms with Crippen LogP contribution in [0.15, 0.2) is 30.3 Å². The molecular formula is C9H12O4P2S. The molecule has 0 radical (unpaired) electrons. The normalized spacial score (nSPS) is 34.8. The van der Waals surface area contributed by atoms with Crippen molar-refractivity contribution in [2.45, 2.75) is 0 Å². The molecule has 0 unspecified atom stereocenters. The van der Waals surface area contributed by atoms with Crippen LogP contribution in [0.25, 0.3) is 0 Å². The Kier molecular flexibility index (Phi) is 3.65. The molecule has 1 aromatic rings. The maximum absolute atomic E-state index is 12.3. The average Bonchev–Trinajstić information content (AvgIpc) is 2.35. The maximum Gasteiger partial charge on any atom is 0.362 e. The molecule has 16 heavy (non-hydrogen) atoms. The van der Waals surface area contributed by atoms with Crippen molar-refractivity contribution in [2.75, 3.05) is 19.0 Å². The van der Waals surface area contributed by atoms with Gasteiger partial charge >= 0.3 is 7.60 Å². The van der Waals surface area contributed by atoms with Gasteiger partial charge in [0.05, 0.1) is 24.3 Å². The summed E-state index contributed by atoms with van der Waals surface area (Å²) in [6.07, 6.45) is 0.229. The molecule has 2 rings (SSSR count). The highest BCUT2D eigenvalue weighted by molar-refractivity contribution is 8.14. The quantitative estimate of drug-likeness (QED) is 0.837. The molecule has 0 spiro atoms. The van der Waals surface area contributed by atoms with Crippen LogP contribution in [-0.4, -0.2) is 24.2 Å². The second-order valence-electron chi connectivity index (χ2n) is 3.55. The summed E-state index contributed by atoms with van der Waals surface area (Å²) in [4.78, 5) is 0. The topological polar surface area (TPSA) is 55.8 Å². The zero-order valence-electron chi connectivity index (χ0n) is 8.48. The van der Waals surface area contributed by atoms with E-state index in [1.54, 1.807) is 24.3 Å². The van der Waals surface area contributed by atoms with Crippen molar-refractivity contribution in [3.63, 3.8) is 0 Å². The summed E-state index contributed by atoms with van der Waals surface area (Å²) in [5.74, 6) is 0. The van der Waals surface area contributed by atoms with Crippen molar-refractivity contribution in [3.8, 4) is 0 Å². The van der Waals surface area contributed by atoms with Crippen LogP contribution in [0.5, 0.6) is 0 Å². The predicted molar refractivity (Wildman–Crippen MR) is 67.0 cm³/mol. The molecule has 1 saturated heterocycles. The SMILES string of the molecule is O=P1(c2ccccc2)OCP(=S)(CO)CO1. The van der Waals surface area contributed by atoms with E-state index in [0.29, 0.717) is 5.30 Å². The van der Waals surface area contributed by atoms with Crippen molar-refractivity contribution in [1.82, 2.24) is 0 Å². The van der Waals surface area contributed by atoms with Crippen LogP contribution >= 0.6 is 13.6 Å². The lowest BCUT2D eigenvalue weighted by atomic mass is 10.4. The lowest BCUT2D eigenvalue weighted by molar-refractivity contribution is 0.240. The first-order valence-corrected chi connectivity index (χ1v) is 9.61. The van der Waals surface area contributed by atoms with Gasteiger partial charge in [-0.3, -0.25) is 13.6 Å². The third-order valence-electron chi connectivity index (χ3n) is 2.26. The Labute approximate surface area is 99.1 Å². The van der Waals surface area contributed by atoms with E-state index in [2.05, 4.69) is 0 Å². The van der Waals surface area contributed by atoms with E-state index in [-0.39, 0.29) is 19.0 Å². The highest BCUT2D eigenvalue weighted by atomic mass is 32.4. The molecule has 1 heterocycles. The second-order valence-corrected chi connectivity index (χ2v) is 10.8. The first-order chi connectivity index (χ1) is 7.58. The molecule has 7 heteroatoms. The van der Waals surface area contributed by atoms with Gasteiger partial charge in [-0.05, 0) is 12.1 Å². The van der Waals surface area contributed by atoms with Crippen LogP contribution < -0.4 is 5.30 Å². The minimum Gasteiger partial charge on any atom is -0.391 e. The van der Waals surface area contributed by atoms with Crippen molar-refractivity contribution in [2.24, 2.45) is 0 Å². The number of benzene rings is 1. The summed E-state index contributed by atoms with van der Waals surface area (Å²) in [6, 6.07) is 6.77. The van der Waals surface area contributed by atoms with Gasteiger partial charge in [0.25, 0.3) is 0 Å². The van der Waals surface area contributed by atoms with Crippen molar-refractivity contribution >= 4 is 30.7 Å². The van der Waals surface area contributed by atoms with Gasteiger partial charge < -0.3 is 5.11 Å². The van der Waals surface area contributed by atoms with Crippen LogP contribution in [0.3, 0.4) is 0 Å². The number of aliphatic hydroxyl groups excluding tert-OH is 1. The Balaban J connectivity index is 2.20. The minimum atomic E-state index is -3.21. The van der Waals surface area contributed by atoms with Gasteiger partial charge in [-0.15, -0.1) is 0 Å². The van der Waals surface area contributed by atoms with E-state index in [1.165, 1.54) is 0 Å². The van der Waals surface area contributed by atoms with E-state index in [1.807, 2.05) is 6.07 Å². The largest absolute Gasteiger partial charge is 0.391 e. The third kappa shape index (κ3) is 2.45. The summed E-state index contributed by atoms with van der Waals surface area (Å²) in [5.41, 5.74) is 0. The lowest BCUT2D eigenvalue weighted by Crippen LogP contribution is -2.18. The molecule has 1 aromatic carbocycles. The fourth-order valence-electron chi connectivity index (χ4n) is 1.28. The van der Waals surface area contributed by atoms with Crippen molar-refractivity contribution < 1.29 is 18.7 Å². The Morgan fingerprint density at radius 1 is 1.25 bits per heavy atom. The van der Waals surface area contributed by atoms with Crippen LogP contribution in [-0.2, 0) is 25.4 Å². The molecule has 0 saturated carbocycles. The van der Waals surface area contributed by atoms with Gasteiger partial charge in [0.15, 0.2) is 0 Å². The maximum atomic E-state index is 12.3. The summed E-state index contributed by atoms with van der Waals surface area (Å²) in [6.45, 7) is 0. The molecule has 1 fully saturated rings.